The third-order valence-electron chi connectivity index (χ3n) is 3.76. The van der Waals surface area contributed by atoms with Crippen LogP contribution in [0.15, 0.2) is 66.7 Å². The van der Waals surface area contributed by atoms with Crippen LogP contribution in [0.2, 0.25) is 0 Å². The standard InChI is InChI=1S/C11H14.C9H8O/c1-2-5-10(6-3-1)9-11-7-4-8-11;10-8-4-7-9-5-2-1-3-6-9/h1-3,5-6,11H,4,7-9H2;1-8H/b;7-4+. The van der Waals surface area contributed by atoms with Gasteiger partial charge in [-0.25, -0.2) is 0 Å². The third kappa shape index (κ3) is 5.78. The third-order valence-corrected chi connectivity index (χ3v) is 3.76. The molecule has 0 spiro atoms. The van der Waals surface area contributed by atoms with Gasteiger partial charge in [-0.15, -0.1) is 0 Å². The van der Waals surface area contributed by atoms with Crippen molar-refractivity contribution in [3.63, 3.8) is 0 Å². The van der Waals surface area contributed by atoms with Crippen LogP contribution in [0.4, 0.5) is 0 Å². The Hall–Kier alpha value is -2.15. The summed E-state index contributed by atoms with van der Waals surface area (Å²) in [4.78, 5) is 9.89. The maximum atomic E-state index is 9.89. The van der Waals surface area contributed by atoms with Gasteiger partial charge in [-0.3, -0.25) is 4.79 Å². The van der Waals surface area contributed by atoms with Crippen molar-refractivity contribution in [3.05, 3.63) is 77.9 Å². The van der Waals surface area contributed by atoms with Crippen molar-refractivity contribution in [2.45, 2.75) is 25.7 Å². The van der Waals surface area contributed by atoms with Gasteiger partial charge in [-0.1, -0.05) is 86.0 Å². The molecule has 0 atom stereocenters. The van der Waals surface area contributed by atoms with Crippen LogP contribution in [-0.4, -0.2) is 6.29 Å². The Labute approximate surface area is 127 Å². The van der Waals surface area contributed by atoms with Crippen LogP contribution in [0.1, 0.15) is 30.4 Å². The van der Waals surface area contributed by atoms with Gasteiger partial charge in [-0.2, -0.15) is 0 Å². The SMILES string of the molecule is O=C/C=C/c1ccccc1.c1ccc(CC2CCC2)cc1. The van der Waals surface area contributed by atoms with Crippen molar-refractivity contribution in [2.24, 2.45) is 5.92 Å². The minimum Gasteiger partial charge on any atom is -0.299 e. The van der Waals surface area contributed by atoms with Crippen molar-refractivity contribution in [1.29, 1.82) is 0 Å². The highest BCUT2D eigenvalue weighted by molar-refractivity contribution is 5.73. The van der Waals surface area contributed by atoms with Crippen molar-refractivity contribution < 1.29 is 4.79 Å². The van der Waals surface area contributed by atoms with Gasteiger partial charge in [0.05, 0.1) is 0 Å². The van der Waals surface area contributed by atoms with E-state index in [-0.39, 0.29) is 0 Å². The van der Waals surface area contributed by atoms with E-state index in [1.165, 1.54) is 37.3 Å². The molecule has 1 aliphatic rings. The molecule has 0 radical (unpaired) electrons. The van der Waals surface area contributed by atoms with Crippen LogP contribution in [-0.2, 0) is 11.2 Å². The first-order chi connectivity index (χ1) is 10.4. The van der Waals surface area contributed by atoms with Crippen LogP contribution in [0.25, 0.3) is 6.08 Å². The lowest BCUT2D eigenvalue weighted by Crippen LogP contribution is -2.13. The second kappa shape index (κ2) is 8.91. The van der Waals surface area contributed by atoms with E-state index in [1.54, 1.807) is 6.08 Å². The summed E-state index contributed by atoms with van der Waals surface area (Å²) in [5, 5.41) is 0. The molecule has 0 aliphatic heterocycles. The molecular weight excluding hydrogens is 256 g/mol. The van der Waals surface area contributed by atoms with Gasteiger partial charge in [0.1, 0.15) is 6.29 Å². The number of aldehydes is 1. The lowest BCUT2D eigenvalue weighted by atomic mass is 9.81. The molecule has 0 heterocycles. The van der Waals surface area contributed by atoms with Gasteiger partial charge in [0, 0.05) is 0 Å². The molecule has 108 valence electrons. The fourth-order valence-corrected chi connectivity index (χ4v) is 2.36. The maximum absolute atomic E-state index is 9.89. The van der Waals surface area contributed by atoms with Crippen molar-refractivity contribution in [2.75, 3.05) is 0 Å². The van der Waals surface area contributed by atoms with Crippen LogP contribution in [0, 0.1) is 5.92 Å². The highest BCUT2D eigenvalue weighted by Gasteiger charge is 2.16. The molecule has 1 saturated carbocycles. The molecule has 0 unspecified atom stereocenters. The number of rotatable bonds is 4. The second-order valence-electron chi connectivity index (χ2n) is 5.39. The Morgan fingerprint density at radius 1 is 0.905 bits per heavy atom. The van der Waals surface area contributed by atoms with Crippen LogP contribution < -0.4 is 0 Å². The maximum Gasteiger partial charge on any atom is 0.142 e. The average molecular weight is 278 g/mol. The first-order valence-corrected chi connectivity index (χ1v) is 7.59. The molecule has 2 aromatic rings. The normalized spacial score (nSPS) is 14.1. The Morgan fingerprint density at radius 2 is 1.52 bits per heavy atom. The molecule has 0 bridgehead atoms. The summed E-state index contributed by atoms with van der Waals surface area (Å²) in [7, 11) is 0. The smallest absolute Gasteiger partial charge is 0.142 e. The molecule has 1 nitrogen and oxygen atoms in total. The van der Waals surface area contributed by atoms with Gasteiger partial charge >= 0.3 is 0 Å². The highest BCUT2D eigenvalue weighted by Crippen LogP contribution is 2.29. The molecule has 0 aromatic heterocycles. The van der Waals surface area contributed by atoms with E-state index in [0.717, 1.165) is 17.8 Å². The molecular formula is C20H22O. The topological polar surface area (TPSA) is 17.1 Å². The van der Waals surface area contributed by atoms with E-state index >= 15 is 0 Å². The quantitative estimate of drug-likeness (QED) is 0.572. The molecule has 0 N–H and O–H groups in total. The van der Waals surface area contributed by atoms with E-state index in [2.05, 4.69) is 30.3 Å². The van der Waals surface area contributed by atoms with Crippen LogP contribution in [0.5, 0.6) is 0 Å². The van der Waals surface area contributed by atoms with E-state index in [0.29, 0.717) is 0 Å². The predicted octanol–water partition coefficient (Wildman–Crippen LogP) is 4.93. The highest BCUT2D eigenvalue weighted by atomic mass is 16.1. The van der Waals surface area contributed by atoms with Crippen molar-refractivity contribution in [3.8, 4) is 0 Å². The van der Waals surface area contributed by atoms with Gasteiger partial charge < -0.3 is 0 Å². The largest absolute Gasteiger partial charge is 0.299 e. The van der Waals surface area contributed by atoms with Gasteiger partial charge in [0.15, 0.2) is 0 Å². The van der Waals surface area contributed by atoms with E-state index in [4.69, 9.17) is 0 Å². The summed E-state index contributed by atoms with van der Waals surface area (Å²) < 4.78 is 0. The summed E-state index contributed by atoms with van der Waals surface area (Å²) in [6.45, 7) is 0. The average Bonchev–Trinajstić information content (AvgIpc) is 2.52. The molecule has 1 aliphatic carbocycles. The molecule has 1 heteroatoms. The first-order valence-electron chi connectivity index (χ1n) is 7.59. The van der Waals surface area contributed by atoms with Crippen LogP contribution >= 0.6 is 0 Å². The second-order valence-corrected chi connectivity index (χ2v) is 5.39. The summed E-state index contributed by atoms with van der Waals surface area (Å²) in [5.74, 6) is 0.998. The monoisotopic (exact) mass is 278 g/mol. The van der Waals surface area contributed by atoms with E-state index in [9.17, 15) is 4.79 Å². The predicted molar refractivity (Wildman–Crippen MR) is 89.0 cm³/mol. The zero-order chi connectivity index (χ0) is 14.8. The Bertz CT molecular complexity index is 539. The molecule has 0 amide bonds. The zero-order valence-corrected chi connectivity index (χ0v) is 12.3. The summed E-state index contributed by atoms with van der Waals surface area (Å²) in [6, 6.07) is 20.5. The van der Waals surface area contributed by atoms with Crippen molar-refractivity contribution >= 4 is 12.4 Å². The number of carbonyl (C=O) groups excluding carboxylic acids is 1. The van der Waals surface area contributed by atoms with Crippen molar-refractivity contribution in [1.82, 2.24) is 0 Å². The van der Waals surface area contributed by atoms with Gasteiger partial charge in [0.25, 0.3) is 0 Å². The van der Waals surface area contributed by atoms with Gasteiger partial charge in [0.2, 0.25) is 0 Å². The summed E-state index contributed by atoms with van der Waals surface area (Å²) in [6.07, 6.45) is 9.69. The fourth-order valence-electron chi connectivity index (χ4n) is 2.36. The minimum atomic E-state index is 0.771. The Kier molecular flexibility index (Phi) is 6.47. The zero-order valence-electron chi connectivity index (χ0n) is 12.3. The Balaban J connectivity index is 0.000000155. The number of hydrogen-bond donors (Lipinski definition) is 0. The minimum absolute atomic E-state index is 0.771. The number of hydrogen-bond acceptors (Lipinski definition) is 1. The molecule has 0 saturated heterocycles. The van der Waals surface area contributed by atoms with E-state index in [1.807, 2.05) is 30.3 Å². The molecule has 2 aromatic carbocycles. The Morgan fingerprint density at radius 3 is 2.05 bits per heavy atom. The molecule has 1 fully saturated rings. The number of benzene rings is 2. The van der Waals surface area contributed by atoms with E-state index < -0.39 is 0 Å². The fraction of sp³-hybridized carbons (Fsp3) is 0.250. The molecule has 21 heavy (non-hydrogen) atoms. The molecule has 3 rings (SSSR count). The number of carbonyl (C=O) groups is 1. The lowest BCUT2D eigenvalue weighted by molar-refractivity contribution is -0.104. The summed E-state index contributed by atoms with van der Waals surface area (Å²) >= 11 is 0. The van der Waals surface area contributed by atoms with Crippen LogP contribution in [0.3, 0.4) is 0 Å². The summed E-state index contributed by atoms with van der Waals surface area (Å²) in [5.41, 5.74) is 2.56. The number of allylic oxidation sites excluding steroid dienone is 1. The van der Waals surface area contributed by atoms with Gasteiger partial charge in [-0.05, 0) is 29.5 Å². The lowest BCUT2D eigenvalue weighted by Gasteiger charge is -2.25. The first kappa shape index (κ1) is 15.2.